The molecule has 0 saturated carbocycles. The second-order valence-electron chi connectivity index (χ2n) is 7.11. The largest absolute Gasteiger partial charge is 0.348 e. The molecule has 0 aliphatic heterocycles. The first-order valence-corrected chi connectivity index (χ1v) is 10.8. The molecule has 29 heavy (non-hydrogen) atoms. The summed E-state index contributed by atoms with van der Waals surface area (Å²) >= 11 is 1.36. The van der Waals surface area contributed by atoms with Gasteiger partial charge < -0.3 is 5.32 Å². The van der Waals surface area contributed by atoms with E-state index in [0.29, 0.717) is 5.16 Å². The Hall–Kier alpha value is -2.67. The lowest BCUT2D eigenvalue weighted by atomic mass is 10.0. The minimum atomic E-state index is -0.326. The molecule has 3 aromatic rings. The first kappa shape index (κ1) is 21.0. The summed E-state index contributed by atoms with van der Waals surface area (Å²) < 4.78 is 1.71. The molecule has 7 heteroatoms. The van der Waals surface area contributed by atoms with Crippen molar-refractivity contribution in [3.8, 4) is 5.69 Å². The Balaban J connectivity index is 1.74. The van der Waals surface area contributed by atoms with E-state index in [4.69, 9.17) is 0 Å². The summed E-state index contributed by atoms with van der Waals surface area (Å²) in [5.74, 6) is -0.0205. The fourth-order valence-corrected chi connectivity index (χ4v) is 3.98. The first-order chi connectivity index (χ1) is 14.0. The monoisotopic (exact) mass is 409 g/mol. The van der Waals surface area contributed by atoms with Gasteiger partial charge in [-0.2, -0.15) is 4.68 Å². The van der Waals surface area contributed by atoms with Gasteiger partial charge >= 0.3 is 0 Å². The van der Waals surface area contributed by atoms with E-state index in [0.717, 1.165) is 29.7 Å². The smallest absolute Gasteiger partial charge is 0.233 e. The number of rotatable bonds is 8. The second kappa shape index (κ2) is 9.69. The van der Waals surface area contributed by atoms with E-state index in [1.165, 1.54) is 17.3 Å². The molecule has 0 radical (unpaired) electrons. The summed E-state index contributed by atoms with van der Waals surface area (Å²) in [6.45, 7) is 8.12. The van der Waals surface area contributed by atoms with Crippen LogP contribution in [0.25, 0.3) is 5.69 Å². The summed E-state index contributed by atoms with van der Waals surface area (Å²) in [7, 11) is 0. The number of aromatic nitrogens is 4. The maximum Gasteiger partial charge on any atom is 0.233 e. The van der Waals surface area contributed by atoms with Crippen LogP contribution in [0.5, 0.6) is 0 Å². The summed E-state index contributed by atoms with van der Waals surface area (Å²) in [6, 6.07) is 16.1. The van der Waals surface area contributed by atoms with Crippen molar-refractivity contribution in [1.82, 2.24) is 25.5 Å². The number of hydrogen-bond acceptors (Lipinski definition) is 5. The number of carbonyl (C=O) groups excluding carboxylic acids is 1. The van der Waals surface area contributed by atoms with Crippen LogP contribution in [-0.2, 0) is 4.79 Å². The molecule has 0 saturated heterocycles. The molecule has 0 fully saturated rings. The minimum absolute atomic E-state index is 0.00626. The third-order valence-electron chi connectivity index (χ3n) is 4.99. The van der Waals surface area contributed by atoms with Crippen molar-refractivity contribution in [2.24, 2.45) is 0 Å². The topological polar surface area (TPSA) is 72.7 Å². The molecule has 0 spiro atoms. The maximum absolute atomic E-state index is 12.9. The Bertz CT molecular complexity index is 957. The number of hydrogen-bond donors (Lipinski definition) is 1. The van der Waals surface area contributed by atoms with Crippen LogP contribution >= 0.6 is 11.8 Å². The third-order valence-corrected chi connectivity index (χ3v) is 6.03. The van der Waals surface area contributed by atoms with E-state index >= 15 is 0 Å². The van der Waals surface area contributed by atoms with Gasteiger partial charge in [0.1, 0.15) is 0 Å². The molecule has 1 N–H and O–H groups in total. The van der Waals surface area contributed by atoms with Gasteiger partial charge in [-0.25, -0.2) is 0 Å². The molecule has 0 aliphatic carbocycles. The number of amides is 1. The molecule has 3 rings (SSSR count). The zero-order valence-corrected chi connectivity index (χ0v) is 18.1. The molecule has 1 aromatic heterocycles. The number of tetrazole rings is 1. The molecule has 152 valence electrons. The normalized spacial score (nSPS) is 13.1. The third kappa shape index (κ3) is 5.03. The number of thioether (sulfide) groups is 1. The standard InChI is InChI=1S/C22H27N5OS/c1-5-10-19(18-12-7-6-8-13-18)23-21(28)17(4)29-22-24-25-26-27(22)20-14-9-11-15(2)16(20)3/h6-9,11-14,17,19H,5,10H2,1-4H3,(H,23,28)/t17-,19-/m0/s1. The van der Waals surface area contributed by atoms with Gasteiger partial charge in [-0.3, -0.25) is 4.79 Å². The lowest BCUT2D eigenvalue weighted by Crippen LogP contribution is -2.34. The van der Waals surface area contributed by atoms with Crippen LogP contribution in [0.4, 0.5) is 0 Å². The van der Waals surface area contributed by atoms with E-state index in [-0.39, 0.29) is 17.2 Å². The van der Waals surface area contributed by atoms with Crippen LogP contribution in [0.2, 0.25) is 0 Å². The molecule has 1 heterocycles. The van der Waals surface area contributed by atoms with Crippen LogP contribution in [0.15, 0.2) is 53.7 Å². The number of aryl methyl sites for hydroxylation is 1. The predicted molar refractivity (Wildman–Crippen MR) is 116 cm³/mol. The SMILES string of the molecule is CCC[C@H](NC(=O)[C@H](C)Sc1nnnn1-c1cccc(C)c1C)c1ccccc1. The van der Waals surface area contributed by atoms with Crippen LogP contribution in [-0.4, -0.2) is 31.4 Å². The van der Waals surface area contributed by atoms with Crippen LogP contribution in [0.3, 0.4) is 0 Å². The van der Waals surface area contributed by atoms with E-state index in [1.807, 2.05) is 44.2 Å². The van der Waals surface area contributed by atoms with Crippen molar-refractivity contribution in [2.75, 3.05) is 0 Å². The zero-order valence-electron chi connectivity index (χ0n) is 17.3. The molecule has 0 aliphatic rings. The Kier molecular flexibility index (Phi) is 7.04. The lowest BCUT2D eigenvalue weighted by molar-refractivity contribution is -0.121. The lowest BCUT2D eigenvalue weighted by Gasteiger charge is -2.21. The summed E-state index contributed by atoms with van der Waals surface area (Å²) in [6.07, 6.45) is 1.89. The van der Waals surface area contributed by atoms with Crippen LogP contribution < -0.4 is 5.32 Å². The van der Waals surface area contributed by atoms with Crippen LogP contribution in [0, 0.1) is 13.8 Å². The molecular formula is C22H27N5OS. The van der Waals surface area contributed by atoms with Gasteiger partial charge in [0.25, 0.3) is 0 Å². The number of nitrogens with zero attached hydrogens (tertiary/aromatic N) is 4. The highest BCUT2D eigenvalue weighted by atomic mass is 32.2. The molecule has 6 nitrogen and oxygen atoms in total. The van der Waals surface area contributed by atoms with Gasteiger partial charge in [0, 0.05) is 0 Å². The highest BCUT2D eigenvalue weighted by molar-refractivity contribution is 8.00. The first-order valence-electron chi connectivity index (χ1n) is 9.88. The number of carbonyl (C=O) groups is 1. The van der Waals surface area contributed by atoms with Gasteiger partial charge in [-0.1, -0.05) is 67.6 Å². The Labute approximate surface area is 176 Å². The zero-order chi connectivity index (χ0) is 20.8. The quantitative estimate of drug-likeness (QED) is 0.558. The Morgan fingerprint density at radius 2 is 1.90 bits per heavy atom. The molecule has 0 bridgehead atoms. The van der Waals surface area contributed by atoms with Crippen LogP contribution in [0.1, 0.15) is 49.4 Å². The van der Waals surface area contributed by atoms with Gasteiger partial charge in [0.05, 0.1) is 17.0 Å². The molecule has 2 aromatic carbocycles. The summed E-state index contributed by atoms with van der Waals surface area (Å²) in [5, 5.41) is 15.6. The van der Waals surface area contributed by atoms with Crippen molar-refractivity contribution in [1.29, 1.82) is 0 Å². The van der Waals surface area contributed by atoms with Gasteiger partial charge in [-0.05, 0) is 60.4 Å². The summed E-state index contributed by atoms with van der Waals surface area (Å²) in [4.78, 5) is 12.9. The van der Waals surface area contributed by atoms with Crippen molar-refractivity contribution in [3.63, 3.8) is 0 Å². The maximum atomic E-state index is 12.9. The van der Waals surface area contributed by atoms with Crippen molar-refractivity contribution in [3.05, 3.63) is 65.2 Å². The average Bonchev–Trinajstić information content (AvgIpc) is 3.18. The molecule has 2 atom stereocenters. The summed E-state index contributed by atoms with van der Waals surface area (Å²) in [5.41, 5.74) is 4.34. The van der Waals surface area contributed by atoms with E-state index in [1.54, 1.807) is 4.68 Å². The van der Waals surface area contributed by atoms with Crippen molar-refractivity contribution in [2.45, 2.75) is 57.0 Å². The highest BCUT2D eigenvalue weighted by Crippen LogP contribution is 2.26. The Morgan fingerprint density at radius 1 is 1.14 bits per heavy atom. The predicted octanol–water partition coefficient (Wildman–Crippen LogP) is 4.42. The minimum Gasteiger partial charge on any atom is -0.348 e. The fraction of sp³-hybridized carbons (Fsp3) is 0.364. The molecular weight excluding hydrogens is 382 g/mol. The molecule has 1 amide bonds. The number of nitrogens with one attached hydrogen (secondary N) is 1. The molecule has 0 unspecified atom stereocenters. The number of benzene rings is 2. The average molecular weight is 410 g/mol. The van der Waals surface area contributed by atoms with Crippen molar-refractivity contribution >= 4 is 17.7 Å². The van der Waals surface area contributed by atoms with E-state index < -0.39 is 0 Å². The highest BCUT2D eigenvalue weighted by Gasteiger charge is 2.22. The van der Waals surface area contributed by atoms with Crippen molar-refractivity contribution < 1.29 is 4.79 Å². The van der Waals surface area contributed by atoms with E-state index in [2.05, 4.69) is 52.9 Å². The van der Waals surface area contributed by atoms with Gasteiger partial charge in [-0.15, -0.1) is 5.10 Å². The fourth-order valence-electron chi connectivity index (χ4n) is 3.17. The van der Waals surface area contributed by atoms with E-state index in [9.17, 15) is 4.79 Å². The van der Waals surface area contributed by atoms with Gasteiger partial charge in [0.15, 0.2) is 0 Å². The van der Waals surface area contributed by atoms with Gasteiger partial charge in [0.2, 0.25) is 11.1 Å². The second-order valence-corrected chi connectivity index (χ2v) is 8.42. The Morgan fingerprint density at radius 3 is 2.62 bits per heavy atom.